The molecule has 0 radical (unpaired) electrons. The molecule has 0 aliphatic rings. The standard InChI is InChI=1S/C14H18F4N2O3.ClH/c1-22-7-11(19)12(21)20-10-4-2-3-9(5-10)6-23-8-14(17,18)13(15)16;/h2-5,11,13H,6-8,19H2,1H3,(H,20,21);1H. The van der Waals surface area contributed by atoms with E-state index in [0.717, 1.165) is 0 Å². The maximum atomic E-state index is 12.7. The highest BCUT2D eigenvalue weighted by molar-refractivity contribution is 5.94. The predicted molar refractivity (Wildman–Crippen MR) is 82.8 cm³/mol. The summed E-state index contributed by atoms with van der Waals surface area (Å²) in [6, 6.07) is 5.28. The molecule has 10 heteroatoms. The molecule has 1 amide bonds. The smallest absolute Gasteiger partial charge is 0.330 e. The summed E-state index contributed by atoms with van der Waals surface area (Å²) in [4.78, 5) is 11.7. The number of nitrogens with one attached hydrogen (secondary N) is 1. The highest BCUT2D eigenvalue weighted by Crippen LogP contribution is 2.23. The van der Waals surface area contributed by atoms with Gasteiger partial charge in [0.15, 0.2) is 0 Å². The van der Waals surface area contributed by atoms with E-state index in [1.54, 1.807) is 18.2 Å². The number of nitrogens with two attached hydrogens (primary N) is 1. The molecule has 0 aliphatic carbocycles. The van der Waals surface area contributed by atoms with Gasteiger partial charge in [-0.15, -0.1) is 12.4 Å². The van der Waals surface area contributed by atoms with Crippen LogP contribution in [0.3, 0.4) is 0 Å². The Balaban J connectivity index is 0.00000529. The van der Waals surface area contributed by atoms with Crippen LogP contribution < -0.4 is 11.1 Å². The average Bonchev–Trinajstić information content (AvgIpc) is 2.47. The molecule has 1 aromatic rings. The molecule has 1 rings (SSSR count). The van der Waals surface area contributed by atoms with E-state index >= 15 is 0 Å². The van der Waals surface area contributed by atoms with Crippen molar-refractivity contribution in [1.82, 2.24) is 0 Å². The number of benzene rings is 1. The lowest BCUT2D eigenvalue weighted by atomic mass is 10.2. The minimum Gasteiger partial charge on any atom is -0.383 e. The third-order valence-corrected chi connectivity index (χ3v) is 2.76. The first-order valence-electron chi connectivity index (χ1n) is 6.64. The first kappa shape index (κ1) is 22.6. The van der Waals surface area contributed by atoms with Gasteiger partial charge in [0.2, 0.25) is 5.91 Å². The number of rotatable bonds is 9. The largest absolute Gasteiger partial charge is 0.383 e. The minimum absolute atomic E-state index is 0. The first-order valence-corrected chi connectivity index (χ1v) is 6.64. The summed E-state index contributed by atoms with van der Waals surface area (Å²) in [5.74, 6) is -4.67. The Kier molecular flexibility index (Phi) is 9.83. The molecule has 1 aromatic carbocycles. The third-order valence-electron chi connectivity index (χ3n) is 2.76. The minimum atomic E-state index is -4.20. The number of hydrogen-bond donors (Lipinski definition) is 2. The predicted octanol–water partition coefficient (Wildman–Crippen LogP) is 2.44. The van der Waals surface area contributed by atoms with Gasteiger partial charge in [0.1, 0.15) is 12.6 Å². The van der Waals surface area contributed by atoms with Crippen molar-refractivity contribution in [3.8, 4) is 0 Å². The molecule has 0 heterocycles. The Hall–Kier alpha value is -1.42. The Bertz CT molecular complexity index is 521. The van der Waals surface area contributed by atoms with Gasteiger partial charge in [-0.1, -0.05) is 12.1 Å². The number of amides is 1. The van der Waals surface area contributed by atoms with Gasteiger partial charge in [-0.25, -0.2) is 8.78 Å². The molecule has 0 saturated heterocycles. The molecular weight excluding hydrogens is 356 g/mol. The van der Waals surface area contributed by atoms with E-state index in [-0.39, 0.29) is 25.6 Å². The number of anilines is 1. The van der Waals surface area contributed by atoms with Gasteiger partial charge >= 0.3 is 12.3 Å². The topological polar surface area (TPSA) is 73.6 Å². The van der Waals surface area contributed by atoms with Gasteiger partial charge in [0.05, 0.1) is 13.2 Å². The number of carbonyl (C=O) groups is 1. The van der Waals surface area contributed by atoms with E-state index in [9.17, 15) is 22.4 Å². The zero-order valence-electron chi connectivity index (χ0n) is 12.8. The number of methoxy groups -OCH3 is 1. The quantitative estimate of drug-likeness (QED) is 0.651. The van der Waals surface area contributed by atoms with Crippen molar-refractivity contribution in [3.05, 3.63) is 29.8 Å². The molecule has 0 aromatic heterocycles. The maximum Gasteiger partial charge on any atom is 0.330 e. The van der Waals surface area contributed by atoms with Crippen molar-refractivity contribution >= 4 is 24.0 Å². The second kappa shape index (κ2) is 10.4. The average molecular weight is 375 g/mol. The monoisotopic (exact) mass is 374 g/mol. The fraction of sp³-hybridized carbons (Fsp3) is 0.500. The van der Waals surface area contributed by atoms with E-state index in [4.69, 9.17) is 10.5 Å². The summed E-state index contributed by atoms with van der Waals surface area (Å²) in [6.07, 6.45) is -3.78. The lowest BCUT2D eigenvalue weighted by molar-refractivity contribution is -0.168. The van der Waals surface area contributed by atoms with E-state index in [2.05, 4.69) is 10.1 Å². The molecular formula is C14H19ClF4N2O3. The van der Waals surface area contributed by atoms with E-state index in [1.807, 2.05) is 0 Å². The van der Waals surface area contributed by atoms with Crippen LogP contribution in [0.5, 0.6) is 0 Å². The van der Waals surface area contributed by atoms with E-state index in [1.165, 1.54) is 13.2 Å². The van der Waals surface area contributed by atoms with Gasteiger partial charge in [0.25, 0.3) is 0 Å². The summed E-state index contributed by atoms with van der Waals surface area (Å²) >= 11 is 0. The molecule has 0 spiro atoms. The third kappa shape index (κ3) is 7.43. The van der Waals surface area contributed by atoms with Crippen molar-refractivity contribution in [2.45, 2.75) is 25.0 Å². The highest BCUT2D eigenvalue weighted by atomic mass is 35.5. The van der Waals surface area contributed by atoms with E-state index < -0.39 is 30.9 Å². The Morgan fingerprint density at radius 3 is 2.62 bits per heavy atom. The summed E-state index contributed by atoms with van der Waals surface area (Å²) in [5, 5.41) is 2.52. The number of alkyl halides is 4. The first-order chi connectivity index (χ1) is 10.8. The van der Waals surface area contributed by atoms with Gasteiger partial charge in [0, 0.05) is 12.8 Å². The molecule has 1 atom stereocenters. The normalized spacial score (nSPS) is 12.6. The zero-order valence-corrected chi connectivity index (χ0v) is 13.6. The molecule has 0 aliphatic heterocycles. The second-order valence-electron chi connectivity index (χ2n) is 4.81. The summed E-state index contributed by atoms with van der Waals surface area (Å²) < 4.78 is 58.7. The lowest BCUT2D eigenvalue weighted by Crippen LogP contribution is -2.39. The van der Waals surface area contributed by atoms with Crippen LogP contribution in [0.4, 0.5) is 23.2 Å². The van der Waals surface area contributed by atoms with Crippen molar-refractivity contribution in [2.75, 3.05) is 25.6 Å². The van der Waals surface area contributed by atoms with Gasteiger partial charge < -0.3 is 20.5 Å². The molecule has 5 nitrogen and oxygen atoms in total. The number of hydrogen-bond acceptors (Lipinski definition) is 4. The molecule has 0 fully saturated rings. The number of carbonyl (C=O) groups excluding carboxylic acids is 1. The molecule has 1 unspecified atom stereocenters. The SMILES string of the molecule is COCC(N)C(=O)Nc1cccc(COCC(F)(F)C(F)F)c1.Cl. The van der Waals surface area contributed by atoms with Gasteiger partial charge in [-0.05, 0) is 17.7 Å². The van der Waals surface area contributed by atoms with Crippen LogP contribution in [-0.4, -0.2) is 44.6 Å². The van der Waals surface area contributed by atoms with Crippen molar-refractivity contribution in [3.63, 3.8) is 0 Å². The Morgan fingerprint density at radius 1 is 1.38 bits per heavy atom. The molecule has 24 heavy (non-hydrogen) atoms. The summed E-state index contributed by atoms with van der Waals surface area (Å²) in [7, 11) is 1.40. The van der Waals surface area contributed by atoms with Crippen LogP contribution in [0, 0.1) is 0 Å². The maximum absolute atomic E-state index is 12.7. The summed E-state index contributed by atoms with van der Waals surface area (Å²) in [6.45, 7) is -1.65. The van der Waals surface area contributed by atoms with Crippen LogP contribution >= 0.6 is 12.4 Å². The van der Waals surface area contributed by atoms with Crippen molar-refractivity contribution < 1.29 is 31.8 Å². The van der Waals surface area contributed by atoms with Crippen molar-refractivity contribution in [1.29, 1.82) is 0 Å². The summed E-state index contributed by atoms with van der Waals surface area (Å²) in [5.41, 5.74) is 6.37. The van der Waals surface area contributed by atoms with Gasteiger partial charge in [-0.3, -0.25) is 4.79 Å². The van der Waals surface area contributed by atoms with Crippen LogP contribution in [0.25, 0.3) is 0 Å². The number of ether oxygens (including phenoxy) is 2. The zero-order chi connectivity index (χ0) is 17.5. The lowest BCUT2D eigenvalue weighted by Gasteiger charge is -2.15. The highest BCUT2D eigenvalue weighted by Gasteiger charge is 2.40. The fourth-order valence-corrected chi connectivity index (χ4v) is 1.60. The van der Waals surface area contributed by atoms with Gasteiger partial charge in [-0.2, -0.15) is 8.78 Å². The molecule has 0 saturated carbocycles. The van der Waals surface area contributed by atoms with Crippen LogP contribution in [0.1, 0.15) is 5.56 Å². The Labute approximate surface area is 142 Å². The van der Waals surface area contributed by atoms with Crippen LogP contribution in [0.2, 0.25) is 0 Å². The van der Waals surface area contributed by atoms with E-state index in [0.29, 0.717) is 11.3 Å². The van der Waals surface area contributed by atoms with Crippen LogP contribution in [0.15, 0.2) is 24.3 Å². The Morgan fingerprint density at radius 2 is 2.04 bits per heavy atom. The fourth-order valence-electron chi connectivity index (χ4n) is 1.60. The molecule has 138 valence electrons. The number of halogens is 5. The van der Waals surface area contributed by atoms with Crippen LogP contribution in [-0.2, 0) is 20.9 Å². The van der Waals surface area contributed by atoms with Crippen molar-refractivity contribution in [2.24, 2.45) is 5.73 Å². The second-order valence-corrected chi connectivity index (χ2v) is 4.81. The molecule has 3 N–H and O–H groups in total. The molecule has 0 bridgehead atoms.